The number of nitrogens with one attached hydrogen (secondary N) is 2. The van der Waals surface area contributed by atoms with Crippen LogP contribution in [0.2, 0.25) is 0 Å². The molecule has 6 nitrogen and oxygen atoms in total. The highest BCUT2D eigenvalue weighted by atomic mass is 19.1. The van der Waals surface area contributed by atoms with E-state index in [1.165, 1.54) is 12.1 Å². The first-order valence-electron chi connectivity index (χ1n) is 10.1. The number of nitrogens with zero attached hydrogens (tertiary/aromatic N) is 2. The molecule has 2 N–H and O–H groups in total. The number of benzene rings is 1. The highest BCUT2D eigenvalue weighted by molar-refractivity contribution is 5.80. The van der Waals surface area contributed by atoms with Gasteiger partial charge < -0.3 is 25.0 Å². The van der Waals surface area contributed by atoms with Gasteiger partial charge in [0.25, 0.3) is 0 Å². The Labute approximate surface area is 168 Å². The van der Waals surface area contributed by atoms with E-state index in [0.29, 0.717) is 18.7 Å². The van der Waals surface area contributed by atoms with Gasteiger partial charge in [-0.3, -0.25) is 4.99 Å². The summed E-state index contributed by atoms with van der Waals surface area (Å²) in [4.78, 5) is 6.78. The summed E-state index contributed by atoms with van der Waals surface area (Å²) in [6, 6.07) is 6.81. The van der Waals surface area contributed by atoms with Crippen molar-refractivity contribution in [1.29, 1.82) is 0 Å². The van der Waals surface area contributed by atoms with E-state index in [1.807, 2.05) is 0 Å². The lowest BCUT2D eigenvalue weighted by Gasteiger charge is -2.33. The summed E-state index contributed by atoms with van der Waals surface area (Å²) in [5.41, 5.74) is 0.934. The minimum absolute atomic E-state index is 0.165. The van der Waals surface area contributed by atoms with Crippen LogP contribution in [0.3, 0.4) is 0 Å². The molecule has 1 aromatic rings. The molecule has 7 heteroatoms. The third-order valence-electron chi connectivity index (χ3n) is 4.99. The van der Waals surface area contributed by atoms with Crippen LogP contribution in [0, 0.1) is 5.82 Å². The minimum atomic E-state index is -0.244. The highest BCUT2D eigenvalue weighted by Gasteiger charge is 2.20. The van der Waals surface area contributed by atoms with Crippen molar-refractivity contribution in [2.75, 3.05) is 46.9 Å². The predicted octanol–water partition coefficient (Wildman–Crippen LogP) is 2.57. The smallest absolute Gasteiger partial charge is 0.191 e. The first kappa shape index (κ1) is 22.6. The summed E-state index contributed by atoms with van der Waals surface area (Å²) in [5, 5.41) is 6.83. The molecule has 1 aromatic carbocycles. The molecule has 0 bridgehead atoms. The van der Waals surface area contributed by atoms with Gasteiger partial charge in [-0.25, -0.2) is 4.39 Å². The van der Waals surface area contributed by atoms with Crippen molar-refractivity contribution < 1.29 is 13.9 Å². The Balaban J connectivity index is 1.73. The van der Waals surface area contributed by atoms with Crippen molar-refractivity contribution >= 4 is 5.96 Å². The van der Waals surface area contributed by atoms with Crippen LogP contribution in [0.15, 0.2) is 29.3 Å². The van der Waals surface area contributed by atoms with Gasteiger partial charge in [-0.15, -0.1) is 0 Å². The van der Waals surface area contributed by atoms with Gasteiger partial charge >= 0.3 is 0 Å². The molecular weight excluding hydrogens is 359 g/mol. The fraction of sp³-hybridized carbons (Fsp3) is 0.667. The van der Waals surface area contributed by atoms with Gasteiger partial charge in [-0.2, -0.15) is 0 Å². The molecule has 2 rings (SSSR count). The molecule has 0 saturated carbocycles. The average Bonchev–Trinajstić information content (AvgIpc) is 2.69. The second-order valence-electron chi connectivity index (χ2n) is 7.41. The van der Waals surface area contributed by atoms with Gasteiger partial charge in [0.15, 0.2) is 5.96 Å². The zero-order chi connectivity index (χ0) is 20.4. The normalized spacial score (nSPS) is 17.7. The molecular formula is C21H35FN4O2. The number of methoxy groups -OCH3 is 1. The molecule has 158 valence electrons. The van der Waals surface area contributed by atoms with E-state index < -0.39 is 0 Å². The van der Waals surface area contributed by atoms with E-state index in [9.17, 15) is 4.39 Å². The Morgan fingerprint density at radius 1 is 1.25 bits per heavy atom. The zero-order valence-corrected chi connectivity index (χ0v) is 17.6. The van der Waals surface area contributed by atoms with E-state index in [2.05, 4.69) is 34.4 Å². The van der Waals surface area contributed by atoms with Crippen molar-refractivity contribution in [3.63, 3.8) is 0 Å². The summed E-state index contributed by atoms with van der Waals surface area (Å²) in [7, 11) is 3.43. The lowest BCUT2D eigenvalue weighted by Crippen LogP contribution is -2.49. The van der Waals surface area contributed by atoms with Crippen LogP contribution >= 0.6 is 0 Å². The molecule has 1 saturated heterocycles. The first-order valence-corrected chi connectivity index (χ1v) is 10.1. The van der Waals surface area contributed by atoms with E-state index in [1.54, 1.807) is 26.3 Å². The zero-order valence-electron chi connectivity index (χ0n) is 17.6. The van der Waals surface area contributed by atoms with Crippen molar-refractivity contribution in [2.24, 2.45) is 4.99 Å². The standard InChI is InChI=1S/C21H35FN4O2/c1-16(2)28-14-13-26-11-9-19(10-12-26)25-21(23-3)24-15-20(27-4)17-5-7-18(22)8-6-17/h5-8,16,19-20H,9-15H2,1-4H3,(H2,23,24,25). The maximum absolute atomic E-state index is 13.1. The van der Waals surface area contributed by atoms with E-state index in [0.717, 1.165) is 50.6 Å². The number of ether oxygens (including phenoxy) is 2. The molecule has 28 heavy (non-hydrogen) atoms. The number of guanidine groups is 1. The Bertz CT molecular complexity index is 587. The topological polar surface area (TPSA) is 58.1 Å². The molecule has 1 atom stereocenters. The van der Waals surface area contributed by atoms with E-state index >= 15 is 0 Å². The minimum Gasteiger partial charge on any atom is -0.377 e. The van der Waals surface area contributed by atoms with Gasteiger partial charge in [0.1, 0.15) is 5.82 Å². The molecule has 1 aliphatic rings. The highest BCUT2D eigenvalue weighted by Crippen LogP contribution is 2.16. The number of aliphatic imine (C=N–C) groups is 1. The molecule has 1 unspecified atom stereocenters. The van der Waals surface area contributed by atoms with Crippen LogP contribution in [0.1, 0.15) is 38.4 Å². The number of likely N-dealkylation sites (tertiary alicyclic amines) is 1. The third-order valence-corrected chi connectivity index (χ3v) is 4.99. The number of hydrogen-bond donors (Lipinski definition) is 2. The number of piperidine rings is 1. The molecule has 0 radical (unpaired) electrons. The lowest BCUT2D eigenvalue weighted by molar-refractivity contribution is 0.0532. The van der Waals surface area contributed by atoms with Crippen LogP contribution in [0.4, 0.5) is 4.39 Å². The van der Waals surface area contributed by atoms with E-state index in [4.69, 9.17) is 9.47 Å². The summed E-state index contributed by atoms with van der Waals surface area (Å²) in [6.07, 6.45) is 2.28. The van der Waals surface area contributed by atoms with Crippen LogP contribution in [0.5, 0.6) is 0 Å². The second kappa shape index (κ2) is 12.0. The maximum Gasteiger partial charge on any atom is 0.191 e. The fourth-order valence-corrected chi connectivity index (χ4v) is 3.31. The molecule has 1 aliphatic heterocycles. The predicted molar refractivity (Wildman–Crippen MR) is 111 cm³/mol. The SMILES string of the molecule is CN=C(NCC(OC)c1ccc(F)cc1)NC1CCN(CCOC(C)C)CC1. The number of hydrogen-bond acceptors (Lipinski definition) is 4. The quantitative estimate of drug-likeness (QED) is 0.498. The van der Waals surface area contributed by atoms with Gasteiger partial charge in [0.2, 0.25) is 0 Å². The van der Waals surface area contributed by atoms with Crippen molar-refractivity contribution in [3.8, 4) is 0 Å². The first-order chi connectivity index (χ1) is 13.5. The largest absolute Gasteiger partial charge is 0.377 e. The van der Waals surface area contributed by atoms with E-state index in [-0.39, 0.29) is 11.9 Å². The third kappa shape index (κ3) is 7.73. The molecule has 1 fully saturated rings. The monoisotopic (exact) mass is 394 g/mol. The van der Waals surface area contributed by atoms with Gasteiger partial charge in [-0.05, 0) is 44.4 Å². The molecule has 0 aliphatic carbocycles. The Hall–Kier alpha value is -1.70. The lowest BCUT2D eigenvalue weighted by atomic mass is 10.1. The summed E-state index contributed by atoms with van der Waals surface area (Å²) >= 11 is 0. The van der Waals surface area contributed by atoms with Crippen LogP contribution in [-0.2, 0) is 9.47 Å². The van der Waals surface area contributed by atoms with Gasteiger partial charge in [0.05, 0.1) is 18.8 Å². The van der Waals surface area contributed by atoms with Crippen LogP contribution in [0.25, 0.3) is 0 Å². The van der Waals surface area contributed by atoms with Crippen LogP contribution < -0.4 is 10.6 Å². The second-order valence-corrected chi connectivity index (χ2v) is 7.41. The van der Waals surface area contributed by atoms with Gasteiger partial charge in [0, 0.05) is 46.4 Å². The Morgan fingerprint density at radius 3 is 2.50 bits per heavy atom. The molecule has 0 aromatic heterocycles. The molecule has 0 spiro atoms. The number of rotatable bonds is 9. The fourth-order valence-electron chi connectivity index (χ4n) is 3.31. The van der Waals surface area contributed by atoms with Crippen molar-refractivity contribution in [1.82, 2.24) is 15.5 Å². The molecule has 1 heterocycles. The average molecular weight is 395 g/mol. The Kier molecular flexibility index (Phi) is 9.67. The van der Waals surface area contributed by atoms with Crippen molar-refractivity contribution in [3.05, 3.63) is 35.6 Å². The van der Waals surface area contributed by atoms with Crippen molar-refractivity contribution in [2.45, 2.75) is 44.9 Å². The Morgan fingerprint density at radius 2 is 1.93 bits per heavy atom. The summed E-state index contributed by atoms with van der Waals surface area (Å²) in [6.45, 7) is 8.61. The summed E-state index contributed by atoms with van der Waals surface area (Å²) in [5.74, 6) is 0.525. The number of halogens is 1. The van der Waals surface area contributed by atoms with Crippen LogP contribution in [-0.4, -0.2) is 69.9 Å². The summed E-state index contributed by atoms with van der Waals surface area (Å²) < 4.78 is 24.3. The molecule has 0 amide bonds. The van der Waals surface area contributed by atoms with Gasteiger partial charge in [-0.1, -0.05) is 12.1 Å². The maximum atomic E-state index is 13.1.